The van der Waals surface area contributed by atoms with Crippen molar-refractivity contribution in [2.24, 2.45) is 0 Å². The van der Waals surface area contributed by atoms with Gasteiger partial charge in [0, 0.05) is 0 Å². The zero-order valence-electron chi connectivity index (χ0n) is 14.7. The summed E-state index contributed by atoms with van der Waals surface area (Å²) in [6.45, 7) is 9.60. The van der Waals surface area contributed by atoms with Gasteiger partial charge in [0.25, 0.3) is 0 Å². The van der Waals surface area contributed by atoms with Gasteiger partial charge in [-0.3, -0.25) is 4.90 Å². The average Bonchev–Trinajstić information content (AvgIpc) is 2.71. The first-order valence-electron chi connectivity index (χ1n) is 7.38. The highest BCUT2D eigenvalue weighted by Gasteiger charge is 2.56. The van der Waals surface area contributed by atoms with Crippen LogP contribution in [-0.2, 0) is 19.0 Å². The number of carbonyl (C=O) groups excluding carboxylic acids is 2. The molecule has 23 heavy (non-hydrogen) atoms. The number of hydrogen-bond donors (Lipinski definition) is 2. The van der Waals surface area contributed by atoms with Crippen molar-refractivity contribution >= 4 is 12.1 Å². The molecule has 1 saturated heterocycles. The van der Waals surface area contributed by atoms with Gasteiger partial charge in [-0.05, 0) is 41.5 Å². The fourth-order valence-corrected chi connectivity index (χ4v) is 2.42. The molecule has 0 radical (unpaired) electrons. The summed E-state index contributed by atoms with van der Waals surface area (Å²) in [6.07, 6.45) is -2.54. The van der Waals surface area contributed by atoms with E-state index >= 15 is 0 Å². The first kappa shape index (κ1) is 19.7. The second-order valence-corrected chi connectivity index (χ2v) is 7.28. The van der Waals surface area contributed by atoms with Gasteiger partial charge in [-0.2, -0.15) is 0 Å². The summed E-state index contributed by atoms with van der Waals surface area (Å²) in [7, 11) is 1.10. The van der Waals surface area contributed by atoms with E-state index in [0.717, 1.165) is 7.11 Å². The Kier molecular flexibility index (Phi) is 5.35. The van der Waals surface area contributed by atoms with Crippen molar-refractivity contribution in [3.05, 3.63) is 0 Å². The molecule has 1 amide bonds. The Morgan fingerprint density at radius 3 is 2.26 bits per heavy atom. The van der Waals surface area contributed by atoms with Gasteiger partial charge >= 0.3 is 12.1 Å². The van der Waals surface area contributed by atoms with Crippen LogP contribution in [0.3, 0.4) is 0 Å². The maximum absolute atomic E-state index is 12.5. The molecule has 1 fully saturated rings. The van der Waals surface area contributed by atoms with Crippen LogP contribution in [0.1, 0.15) is 41.5 Å². The molecule has 1 heterocycles. The van der Waals surface area contributed by atoms with E-state index in [2.05, 4.69) is 4.74 Å². The monoisotopic (exact) mass is 333 g/mol. The molecule has 2 N–H and O–H groups in total. The molecule has 8 nitrogen and oxygen atoms in total. The van der Waals surface area contributed by atoms with Gasteiger partial charge in [0.05, 0.1) is 19.8 Å². The highest BCUT2D eigenvalue weighted by Crippen LogP contribution is 2.35. The molecule has 0 aromatic heterocycles. The summed E-state index contributed by atoms with van der Waals surface area (Å²) in [5.74, 6) is -0.996. The van der Waals surface area contributed by atoms with Crippen LogP contribution in [0.15, 0.2) is 0 Å². The predicted molar refractivity (Wildman–Crippen MR) is 80.5 cm³/mol. The molecule has 3 atom stereocenters. The Hall–Kier alpha value is -1.38. The van der Waals surface area contributed by atoms with Crippen LogP contribution in [-0.4, -0.2) is 70.0 Å². The van der Waals surface area contributed by atoms with Crippen molar-refractivity contribution in [1.29, 1.82) is 0 Å². The molecule has 0 aliphatic carbocycles. The lowest BCUT2D eigenvalue weighted by Gasteiger charge is -2.41. The lowest BCUT2D eigenvalue weighted by atomic mass is 9.89. The quantitative estimate of drug-likeness (QED) is 0.730. The molecule has 0 saturated carbocycles. The third-order valence-corrected chi connectivity index (χ3v) is 3.73. The number of ether oxygens (including phenoxy) is 3. The summed E-state index contributed by atoms with van der Waals surface area (Å²) in [5.41, 5.74) is -3.78. The number of hydrogen-bond acceptors (Lipinski definition) is 7. The van der Waals surface area contributed by atoms with Crippen molar-refractivity contribution in [3.63, 3.8) is 0 Å². The normalized spacial score (nSPS) is 24.7. The Morgan fingerprint density at radius 1 is 1.30 bits per heavy atom. The maximum Gasteiger partial charge on any atom is 0.413 e. The summed E-state index contributed by atoms with van der Waals surface area (Å²) < 4.78 is 15.4. The van der Waals surface area contributed by atoms with E-state index in [1.165, 1.54) is 11.8 Å². The highest BCUT2D eigenvalue weighted by molar-refractivity contribution is 5.76. The van der Waals surface area contributed by atoms with E-state index in [1.54, 1.807) is 34.6 Å². The molecule has 0 aromatic rings. The van der Waals surface area contributed by atoms with Crippen molar-refractivity contribution < 1.29 is 34.0 Å². The smallest absolute Gasteiger partial charge is 0.413 e. The molecule has 0 aromatic carbocycles. The topological polar surface area (TPSA) is 106 Å². The van der Waals surface area contributed by atoms with E-state index in [9.17, 15) is 19.8 Å². The van der Waals surface area contributed by atoms with Gasteiger partial charge < -0.3 is 24.4 Å². The third-order valence-electron chi connectivity index (χ3n) is 3.73. The minimum Gasteiger partial charge on any atom is -0.467 e. The van der Waals surface area contributed by atoms with E-state index in [0.29, 0.717) is 0 Å². The van der Waals surface area contributed by atoms with Gasteiger partial charge in [-0.15, -0.1) is 0 Å². The number of amides is 1. The van der Waals surface area contributed by atoms with Crippen LogP contribution in [0.5, 0.6) is 0 Å². The Morgan fingerprint density at radius 2 is 1.83 bits per heavy atom. The average molecular weight is 333 g/mol. The van der Waals surface area contributed by atoms with E-state index in [1.807, 2.05) is 0 Å². The number of methoxy groups -OCH3 is 1. The standard InChI is InChI=1S/C15H27NO7/c1-13(2,3)23-12(19)16-9(8-22-14(16,4)5)15(6,20)10(17)11(18)21-7/h9-10,17,20H,8H2,1-7H3/t9-,10+,15-/m1/s1. The zero-order valence-corrected chi connectivity index (χ0v) is 14.7. The van der Waals surface area contributed by atoms with Gasteiger partial charge in [-0.1, -0.05) is 0 Å². The third kappa shape index (κ3) is 4.13. The minimum atomic E-state index is -1.97. The Balaban J connectivity index is 3.13. The number of carbonyl (C=O) groups is 2. The van der Waals surface area contributed by atoms with Crippen molar-refractivity contribution in [2.75, 3.05) is 13.7 Å². The fraction of sp³-hybridized carbons (Fsp3) is 0.867. The SMILES string of the molecule is COC(=O)[C@H](O)[C@](C)(O)[C@H]1COC(C)(C)N1C(=O)OC(C)(C)C. The molecule has 0 unspecified atom stereocenters. The number of aliphatic hydroxyl groups excluding tert-OH is 1. The Labute approximate surface area is 136 Å². The van der Waals surface area contributed by atoms with Crippen LogP contribution in [0.2, 0.25) is 0 Å². The number of rotatable bonds is 3. The molecule has 0 bridgehead atoms. The summed E-state index contributed by atoms with van der Waals surface area (Å²) in [4.78, 5) is 25.3. The van der Waals surface area contributed by atoms with Gasteiger partial charge in [0.2, 0.25) is 0 Å². The van der Waals surface area contributed by atoms with Crippen molar-refractivity contribution in [1.82, 2.24) is 4.90 Å². The summed E-state index contributed by atoms with van der Waals surface area (Å²) >= 11 is 0. The van der Waals surface area contributed by atoms with Crippen LogP contribution in [0.4, 0.5) is 4.79 Å². The van der Waals surface area contributed by atoms with E-state index in [-0.39, 0.29) is 6.61 Å². The predicted octanol–water partition coefficient (Wildman–Crippen LogP) is 0.643. The second kappa shape index (κ2) is 6.26. The molecular formula is C15H27NO7. The molecule has 1 aliphatic heterocycles. The van der Waals surface area contributed by atoms with E-state index < -0.39 is 41.1 Å². The number of aliphatic hydroxyl groups is 2. The minimum absolute atomic E-state index is 0.0622. The fourth-order valence-electron chi connectivity index (χ4n) is 2.42. The van der Waals surface area contributed by atoms with Crippen LogP contribution in [0, 0.1) is 0 Å². The van der Waals surface area contributed by atoms with Crippen LogP contribution >= 0.6 is 0 Å². The highest BCUT2D eigenvalue weighted by atomic mass is 16.6. The Bertz CT molecular complexity index is 467. The largest absolute Gasteiger partial charge is 0.467 e. The van der Waals surface area contributed by atoms with Crippen molar-refractivity contribution in [2.45, 2.75) is 70.6 Å². The summed E-state index contributed by atoms with van der Waals surface area (Å²) in [5, 5.41) is 20.7. The number of nitrogens with zero attached hydrogens (tertiary/aromatic N) is 1. The molecule has 1 rings (SSSR count). The van der Waals surface area contributed by atoms with Crippen molar-refractivity contribution in [3.8, 4) is 0 Å². The van der Waals surface area contributed by atoms with Crippen LogP contribution in [0.25, 0.3) is 0 Å². The maximum atomic E-state index is 12.5. The second-order valence-electron chi connectivity index (χ2n) is 7.28. The summed E-state index contributed by atoms with van der Waals surface area (Å²) in [6, 6.07) is -0.985. The van der Waals surface area contributed by atoms with Gasteiger partial charge in [0.15, 0.2) is 6.10 Å². The van der Waals surface area contributed by atoms with Crippen LogP contribution < -0.4 is 0 Å². The molecule has 0 spiro atoms. The molecular weight excluding hydrogens is 306 g/mol. The lowest BCUT2D eigenvalue weighted by Crippen LogP contribution is -2.62. The van der Waals surface area contributed by atoms with E-state index in [4.69, 9.17) is 9.47 Å². The molecule has 8 heteroatoms. The van der Waals surface area contributed by atoms with Gasteiger partial charge in [0.1, 0.15) is 16.9 Å². The number of esters is 1. The lowest BCUT2D eigenvalue weighted by molar-refractivity contribution is -0.172. The first-order chi connectivity index (χ1) is 10.2. The zero-order chi connectivity index (χ0) is 18.2. The van der Waals surface area contributed by atoms with Gasteiger partial charge in [-0.25, -0.2) is 9.59 Å². The molecule has 134 valence electrons. The molecule has 1 aliphatic rings. The first-order valence-corrected chi connectivity index (χ1v) is 7.38.